The lowest BCUT2D eigenvalue weighted by Gasteiger charge is -2.38. The first-order valence-electron chi connectivity index (χ1n) is 7.25. The van der Waals surface area contributed by atoms with E-state index in [0.717, 1.165) is 44.4 Å². The molecule has 0 atom stereocenters. The number of hydrogen-bond donors (Lipinski definition) is 2. The van der Waals surface area contributed by atoms with Crippen molar-refractivity contribution in [1.82, 2.24) is 5.32 Å². The Morgan fingerprint density at radius 1 is 1.28 bits per heavy atom. The summed E-state index contributed by atoms with van der Waals surface area (Å²) in [4.78, 5) is 12.5. The van der Waals surface area contributed by atoms with Gasteiger partial charge in [0.1, 0.15) is 0 Å². The van der Waals surface area contributed by atoms with Crippen LogP contribution in [0.25, 0.3) is 0 Å². The maximum absolute atomic E-state index is 12.5. The third-order valence-electron chi connectivity index (χ3n) is 4.66. The Kier molecular flexibility index (Phi) is 4.96. The van der Waals surface area contributed by atoms with Gasteiger partial charge in [-0.3, -0.25) is 4.79 Å². The van der Waals surface area contributed by atoms with Gasteiger partial charge in [0.2, 0.25) is 5.91 Å². The molecule has 0 spiro atoms. The molecule has 0 unspecified atom stereocenters. The molecule has 1 saturated heterocycles. The second kappa shape index (κ2) is 6.29. The minimum absolute atomic E-state index is 0.230. The monoisotopic (exact) mass is 270 g/mol. The summed E-state index contributed by atoms with van der Waals surface area (Å²) in [5.74, 6) is 3.34. The largest absolute Gasteiger partial charge is 0.353 e. The highest BCUT2D eigenvalue weighted by molar-refractivity contribution is 7.99. The van der Waals surface area contributed by atoms with Crippen LogP contribution in [-0.4, -0.2) is 30.0 Å². The SMILES string of the molecule is CC1CCC(CN)(C(=O)NC2CCSCC2)CC1. The number of nitrogens with one attached hydrogen (secondary N) is 1. The molecule has 2 rings (SSSR count). The van der Waals surface area contributed by atoms with E-state index in [1.165, 1.54) is 11.5 Å². The molecule has 1 saturated carbocycles. The van der Waals surface area contributed by atoms with E-state index in [1.807, 2.05) is 11.8 Å². The Bertz CT molecular complexity index is 282. The summed E-state index contributed by atoms with van der Waals surface area (Å²) >= 11 is 1.99. The van der Waals surface area contributed by atoms with E-state index in [4.69, 9.17) is 5.73 Å². The smallest absolute Gasteiger partial charge is 0.227 e. The van der Waals surface area contributed by atoms with Crippen LogP contribution in [0.4, 0.5) is 0 Å². The Hall–Kier alpha value is -0.220. The van der Waals surface area contributed by atoms with Gasteiger partial charge >= 0.3 is 0 Å². The molecule has 1 aliphatic heterocycles. The van der Waals surface area contributed by atoms with Gasteiger partial charge in [-0.2, -0.15) is 11.8 Å². The number of nitrogens with two attached hydrogens (primary N) is 1. The van der Waals surface area contributed by atoms with Crippen LogP contribution in [0.3, 0.4) is 0 Å². The minimum atomic E-state index is -0.267. The molecule has 104 valence electrons. The van der Waals surface area contributed by atoms with E-state index in [2.05, 4.69) is 12.2 Å². The Morgan fingerprint density at radius 3 is 2.44 bits per heavy atom. The van der Waals surface area contributed by atoms with E-state index in [1.54, 1.807) is 0 Å². The fourth-order valence-electron chi connectivity index (χ4n) is 3.02. The molecule has 1 heterocycles. The van der Waals surface area contributed by atoms with Gasteiger partial charge in [-0.15, -0.1) is 0 Å². The average molecular weight is 270 g/mol. The van der Waals surface area contributed by atoms with Crippen molar-refractivity contribution in [2.45, 2.75) is 51.5 Å². The van der Waals surface area contributed by atoms with E-state index >= 15 is 0 Å². The summed E-state index contributed by atoms with van der Waals surface area (Å²) in [6, 6.07) is 0.390. The van der Waals surface area contributed by atoms with E-state index < -0.39 is 0 Å². The highest BCUT2D eigenvalue weighted by atomic mass is 32.2. The predicted molar refractivity (Wildman–Crippen MR) is 77.6 cm³/mol. The number of amides is 1. The molecule has 2 fully saturated rings. The topological polar surface area (TPSA) is 55.1 Å². The fourth-order valence-corrected chi connectivity index (χ4v) is 4.13. The number of hydrogen-bond acceptors (Lipinski definition) is 3. The second-order valence-corrected chi connectivity index (χ2v) is 7.25. The van der Waals surface area contributed by atoms with Crippen LogP contribution in [0.15, 0.2) is 0 Å². The predicted octanol–water partition coefficient (Wildman–Crippen LogP) is 2.15. The normalized spacial score (nSPS) is 34.2. The van der Waals surface area contributed by atoms with Crippen LogP contribution in [0, 0.1) is 11.3 Å². The van der Waals surface area contributed by atoms with E-state index in [9.17, 15) is 4.79 Å². The minimum Gasteiger partial charge on any atom is -0.353 e. The zero-order valence-corrected chi connectivity index (χ0v) is 12.2. The Balaban J connectivity index is 1.92. The van der Waals surface area contributed by atoms with Crippen molar-refractivity contribution < 1.29 is 4.79 Å². The first kappa shape index (κ1) is 14.2. The molecular formula is C14H26N2OS. The zero-order valence-electron chi connectivity index (χ0n) is 11.4. The summed E-state index contributed by atoms with van der Waals surface area (Å²) in [6.07, 6.45) is 6.47. The maximum Gasteiger partial charge on any atom is 0.227 e. The standard InChI is InChI=1S/C14H26N2OS/c1-11-2-6-14(10-15,7-3-11)13(17)16-12-4-8-18-9-5-12/h11-12H,2-10,15H2,1H3,(H,16,17). The first-order valence-corrected chi connectivity index (χ1v) is 8.40. The molecule has 3 N–H and O–H groups in total. The van der Waals surface area contributed by atoms with Gasteiger partial charge in [0.25, 0.3) is 0 Å². The fraction of sp³-hybridized carbons (Fsp3) is 0.929. The van der Waals surface area contributed by atoms with Crippen LogP contribution in [0.1, 0.15) is 45.4 Å². The summed E-state index contributed by atoms with van der Waals surface area (Å²) in [7, 11) is 0. The maximum atomic E-state index is 12.5. The summed E-state index contributed by atoms with van der Waals surface area (Å²) in [5, 5.41) is 3.26. The first-order chi connectivity index (χ1) is 8.66. The van der Waals surface area contributed by atoms with E-state index in [0.29, 0.717) is 12.6 Å². The van der Waals surface area contributed by atoms with Crippen molar-refractivity contribution >= 4 is 17.7 Å². The Labute approximate surface area is 115 Å². The number of carbonyl (C=O) groups excluding carboxylic acids is 1. The molecule has 1 amide bonds. The number of carbonyl (C=O) groups is 1. The lowest BCUT2D eigenvalue weighted by atomic mass is 9.70. The molecule has 0 radical (unpaired) electrons. The van der Waals surface area contributed by atoms with Crippen LogP contribution < -0.4 is 11.1 Å². The van der Waals surface area contributed by atoms with Gasteiger partial charge in [0, 0.05) is 12.6 Å². The average Bonchev–Trinajstić information content (AvgIpc) is 2.41. The summed E-state index contributed by atoms with van der Waals surface area (Å²) in [6.45, 7) is 2.78. The second-order valence-electron chi connectivity index (χ2n) is 6.03. The van der Waals surface area contributed by atoms with Gasteiger partial charge in [0.15, 0.2) is 0 Å². The molecule has 1 aliphatic carbocycles. The van der Waals surface area contributed by atoms with Crippen molar-refractivity contribution in [2.75, 3.05) is 18.1 Å². The number of rotatable bonds is 3. The lowest BCUT2D eigenvalue weighted by molar-refractivity contribution is -0.133. The van der Waals surface area contributed by atoms with Gasteiger partial charge in [0.05, 0.1) is 5.41 Å². The van der Waals surface area contributed by atoms with Gasteiger partial charge in [-0.25, -0.2) is 0 Å². The van der Waals surface area contributed by atoms with Crippen LogP contribution in [0.5, 0.6) is 0 Å². The van der Waals surface area contributed by atoms with Crippen LogP contribution >= 0.6 is 11.8 Å². The van der Waals surface area contributed by atoms with Crippen LogP contribution in [0.2, 0.25) is 0 Å². The van der Waals surface area contributed by atoms with E-state index in [-0.39, 0.29) is 11.3 Å². The summed E-state index contributed by atoms with van der Waals surface area (Å²) < 4.78 is 0. The van der Waals surface area contributed by atoms with Crippen molar-refractivity contribution in [3.05, 3.63) is 0 Å². The van der Waals surface area contributed by atoms with Crippen LogP contribution in [-0.2, 0) is 4.79 Å². The third kappa shape index (κ3) is 3.21. The summed E-state index contributed by atoms with van der Waals surface area (Å²) in [5.41, 5.74) is 5.66. The highest BCUT2D eigenvalue weighted by Crippen LogP contribution is 2.38. The van der Waals surface area contributed by atoms with Crippen molar-refractivity contribution in [3.63, 3.8) is 0 Å². The van der Waals surface area contributed by atoms with Gasteiger partial charge in [-0.05, 0) is 55.9 Å². The highest BCUT2D eigenvalue weighted by Gasteiger charge is 2.40. The van der Waals surface area contributed by atoms with Crippen molar-refractivity contribution in [1.29, 1.82) is 0 Å². The van der Waals surface area contributed by atoms with Crippen molar-refractivity contribution in [2.24, 2.45) is 17.1 Å². The molecule has 0 aromatic carbocycles. The molecular weight excluding hydrogens is 244 g/mol. The number of thioether (sulfide) groups is 1. The van der Waals surface area contributed by atoms with Crippen molar-refractivity contribution in [3.8, 4) is 0 Å². The van der Waals surface area contributed by atoms with Gasteiger partial charge in [-0.1, -0.05) is 6.92 Å². The molecule has 0 aromatic rings. The molecule has 3 nitrogen and oxygen atoms in total. The van der Waals surface area contributed by atoms with Gasteiger partial charge < -0.3 is 11.1 Å². The quantitative estimate of drug-likeness (QED) is 0.826. The molecule has 2 aliphatic rings. The molecule has 18 heavy (non-hydrogen) atoms. The lowest BCUT2D eigenvalue weighted by Crippen LogP contribution is -2.51. The molecule has 0 bridgehead atoms. The third-order valence-corrected chi connectivity index (χ3v) is 5.71. The molecule has 4 heteroatoms. The Morgan fingerprint density at radius 2 is 1.89 bits per heavy atom. The molecule has 0 aromatic heterocycles. The zero-order chi connectivity index (χ0) is 13.0.